The van der Waals surface area contributed by atoms with Crippen LogP contribution in [0.3, 0.4) is 0 Å². The SMILES string of the molecule is CC(=O)c1c(C)[nH]ccc1=O. The van der Waals surface area contributed by atoms with Crippen molar-refractivity contribution in [1.29, 1.82) is 0 Å². The number of carbonyl (C=O) groups is 1. The molecular formula is C8H9NO2. The number of aromatic amines is 1. The Labute approximate surface area is 64.1 Å². The van der Waals surface area contributed by atoms with Crippen LogP contribution in [-0.4, -0.2) is 10.8 Å². The van der Waals surface area contributed by atoms with Crippen LogP contribution >= 0.6 is 0 Å². The molecule has 0 saturated carbocycles. The van der Waals surface area contributed by atoms with Crippen LogP contribution < -0.4 is 5.43 Å². The second-order valence-electron chi connectivity index (χ2n) is 2.40. The van der Waals surface area contributed by atoms with Crippen LogP contribution in [0.15, 0.2) is 17.1 Å². The molecule has 0 spiro atoms. The first-order valence-electron chi connectivity index (χ1n) is 3.32. The molecule has 1 aromatic rings. The molecule has 1 rings (SSSR count). The standard InChI is InChI=1S/C8H9NO2/c1-5-8(6(2)10)7(11)3-4-9-5/h3-4H,1-2H3,(H,9,11). The maximum Gasteiger partial charge on any atom is 0.192 e. The van der Waals surface area contributed by atoms with Crippen molar-refractivity contribution in [2.75, 3.05) is 0 Å². The van der Waals surface area contributed by atoms with Gasteiger partial charge in [-0.15, -0.1) is 0 Å². The lowest BCUT2D eigenvalue weighted by molar-refractivity contribution is 0.101. The number of aryl methyl sites for hydroxylation is 1. The zero-order chi connectivity index (χ0) is 8.43. The molecule has 3 heteroatoms. The fourth-order valence-corrected chi connectivity index (χ4v) is 1.02. The Hall–Kier alpha value is -1.38. The van der Waals surface area contributed by atoms with Gasteiger partial charge >= 0.3 is 0 Å². The van der Waals surface area contributed by atoms with E-state index in [0.29, 0.717) is 5.69 Å². The molecule has 0 bridgehead atoms. The second-order valence-corrected chi connectivity index (χ2v) is 2.40. The third kappa shape index (κ3) is 1.37. The Kier molecular flexibility index (Phi) is 1.89. The third-order valence-electron chi connectivity index (χ3n) is 1.51. The van der Waals surface area contributed by atoms with Crippen molar-refractivity contribution in [2.45, 2.75) is 13.8 Å². The minimum atomic E-state index is -0.214. The van der Waals surface area contributed by atoms with Crippen molar-refractivity contribution in [1.82, 2.24) is 4.98 Å². The molecule has 0 aliphatic heterocycles. The van der Waals surface area contributed by atoms with Crippen molar-refractivity contribution in [3.05, 3.63) is 33.7 Å². The summed E-state index contributed by atoms with van der Waals surface area (Å²) >= 11 is 0. The highest BCUT2D eigenvalue weighted by atomic mass is 16.1. The predicted molar refractivity (Wildman–Crippen MR) is 41.8 cm³/mol. The smallest absolute Gasteiger partial charge is 0.192 e. The van der Waals surface area contributed by atoms with E-state index >= 15 is 0 Å². The summed E-state index contributed by atoms with van der Waals surface area (Å²) in [7, 11) is 0. The third-order valence-corrected chi connectivity index (χ3v) is 1.51. The van der Waals surface area contributed by atoms with Crippen LogP contribution in [-0.2, 0) is 0 Å². The summed E-state index contributed by atoms with van der Waals surface area (Å²) in [5.41, 5.74) is 0.672. The summed E-state index contributed by atoms with van der Waals surface area (Å²) in [5.74, 6) is -0.190. The van der Waals surface area contributed by atoms with Crippen LogP contribution in [0.4, 0.5) is 0 Å². The van der Waals surface area contributed by atoms with Gasteiger partial charge in [0.05, 0.1) is 5.56 Å². The molecule has 0 atom stereocenters. The van der Waals surface area contributed by atoms with Gasteiger partial charge in [-0.2, -0.15) is 0 Å². The lowest BCUT2D eigenvalue weighted by atomic mass is 10.1. The number of pyridine rings is 1. The molecule has 1 aromatic heterocycles. The van der Waals surface area contributed by atoms with Crippen LogP contribution in [0.2, 0.25) is 0 Å². The molecule has 1 heterocycles. The largest absolute Gasteiger partial charge is 0.364 e. The number of aromatic nitrogens is 1. The van der Waals surface area contributed by atoms with E-state index < -0.39 is 0 Å². The normalized spacial score (nSPS) is 9.64. The van der Waals surface area contributed by atoms with Gasteiger partial charge in [0.2, 0.25) is 0 Å². The average Bonchev–Trinajstić information content (AvgIpc) is 1.85. The zero-order valence-corrected chi connectivity index (χ0v) is 6.47. The minimum Gasteiger partial charge on any atom is -0.364 e. The highest BCUT2D eigenvalue weighted by molar-refractivity contribution is 5.94. The van der Waals surface area contributed by atoms with Crippen molar-refractivity contribution >= 4 is 5.78 Å². The van der Waals surface area contributed by atoms with E-state index in [1.807, 2.05) is 0 Å². The first-order valence-corrected chi connectivity index (χ1v) is 3.32. The summed E-state index contributed by atoms with van der Waals surface area (Å²) in [6.45, 7) is 3.09. The molecular weight excluding hydrogens is 142 g/mol. The van der Waals surface area contributed by atoms with E-state index in [-0.39, 0.29) is 16.8 Å². The first kappa shape index (κ1) is 7.72. The molecule has 1 N–H and O–H groups in total. The van der Waals surface area contributed by atoms with Crippen LogP contribution in [0, 0.1) is 6.92 Å². The van der Waals surface area contributed by atoms with E-state index in [9.17, 15) is 9.59 Å². The Morgan fingerprint density at radius 3 is 2.55 bits per heavy atom. The molecule has 0 amide bonds. The summed E-state index contributed by atoms with van der Waals surface area (Å²) in [5, 5.41) is 0. The Balaban J connectivity index is 3.45. The quantitative estimate of drug-likeness (QED) is 0.606. The lowest BCUT2D eigenvalue weighted by Crippen LogP contribution is -2.14. The first-order chi connectivity index (χ1) is 5.13. The lowest BCUT2D eigenvalue weighted by Gasteiger charge is -1.97. The van der Waals surface area contributed by atoms with Crippen molar-refractivity contribution in [2.24, 2.45) is 0 Å². The van der Waals surface area contributed by atoms with Crippen LogP contribution in [0.25, 0.3) is 0 Å². The van der Waals surface area contributed by atoms with Gasteiger partial charge in [0.25, 0.3) is 0 Å². The number of H-pyrrole nitrogens is 1. The maximum atomic E-state index is 11.0. The van der Waals surface area contributed by atoms with Crippen LogP contribution in [0.1, 0.15) is 23.0 Å². The Bertz CT molecular complexity index is 338. The van der Waals surface area contributed by atoms with Gasteiger partial charge in [-0.3, -0.25) is 9.59 Å². The van der Waals surface area contributed by atoms with Crippen molar-refractivity contribution in [3.63, 3.8) is 0 Å². The molecule has 0 saturated heterocycles. The molecule has 0 aliphatic carbocycles. The van der Waals surface area contributed by atoms with Gasteiger partial charge in [0.15, 0.2) is 11.2 Å². The maximum absolute atomic E-state index is 11.0. The molecule has 0 radical (unpaired) electrons. The van der Waals surface area contributed by atoms with Gasteiger partial charge in [-0.1, -0.05) is 0 Å². The fraction of sp³-hybridized carbons (Fsp3) is 0.250. The highest BCUT2D eigenvalue weighted by Gasteiger charge is 2.06. The average molecular weight is 151 g/mol. The summed E-state index contributed by atoms with van der Waals surface area (Å²) in [4.78, 5) is 24.7. The fourth-order valence-electron chi connectivity index (χ4n) is 1.02. The van der Waals surface area contributed by atoms with Gasteiger partial charge in [0.1, 0.15) is 0 Å². The van der Waals surface area contributed by atoms with E-state index in [2.05, 4.69) is 4.98 Å². The van der Waals surface area contributed by atoms with Crippen molar-refractivity contribution < 1.29 is 4.79 Å². The number of Topliss-reactive ketones (excluding diaryl/α,β-unsaturated/α-hetero) is 1. The van der Waals surface area contributed by atoms with Crippen molar-refractivity contribution in [3.8, 4) is 0 Å². The number of nitrogens with one attached hydrogen (secondary N) is 1. The number of rotatable bonds is 1. The van der Waals surface area contributed by atoms with Gasteiger partial charge < -0.3 is 4.98 Å². The predicted octanol–water partition coefficient (Wildman–Crippen LogP) is 0.886. The van der Waals surface area contributed by atoms with Gasteiger partial charge in [0, 0.05) is 18.0 Å². The molecule has 0 unspecified atom stereocenters. The minimum absolute atomic E-state index is 0.190. The number of hydrogen-bond acceptors (Lipinski definition) is 2. The van der Waals surface area contributed by atoms with Gasteiger partial charge in [-0.05, 0) is 13.8 Å². The van der Waals surface area contributed by atoms with Crippen LogP contribution in [0.5, 0.6) is 0 Å². The van der Waals surface area contributed by atoms with E-state index in [1.54, 1.807) is 6.92 Å². The summed E-state index contributed by atoms with van der Waals surface area (Å²) < 4.78 is 0. The highest BCUT2D eigenvalue weighted by Crippen LogP contribution is 1.97. The van der Waals surface area contributed by atoms with E-state index in [1.165, 1.54) is 19.2 Å². The number of ketones is 1. The molecule has 3 nitrogen and oxygen atoms in total. The molecule has 0 aliphatic rings. The summed E-state index contributed by atoms with van der Waals surface area (Å²) in [6.07, 6.45) is 1.53. The second kappa shape index (κ2) is 2.70. The zero-order valence-electron chi connectivity index (χ0n) is 6.47. The Morgan fingerprint density at radius 1 is 1.55 bits per heavy atom. The topological polar surface area (TPSA) is 49.9 Å². The van der Waals surface area contributed by atoms with Gasteiger partial charge in [-0.25, -0.2) is 0 Å². The molecule has 58 valence electrons. The Morgan fingerprint density at radius 2 is 2.18 bits per heavy atom. The monoisotopic (exact) mass is 151 g/mol. The molecule has 0 aromatic carbocycles. The number of carbonyl (C=O) groups excluding carboxylic acids is 1. The van der Waals surface area contributed by atoms with E-state index in [4.69, 9.17) is 0 Å². The number of hydrogen-bond donors (Lipinski definition) is 1. The summed E-state index contributed by atoms with van der Waals surface area (Å²) in [6, 6.07) is 1.35. The molecule has 0 fully saturated rings. The van der Waals surface area contributed by atoms with E-state index in [0.717, 1.165) is 0 Å². The molecule has 11 heavy (non-hydrogen) atoms.